The molecule has 0 amide bonds. The Hall–Kier alpha value is -2.13. The fourth-order valence-electron chi connectivity index (χ4n) is 2.69. The van der Waals surface area contributed by atoms with Crippen LogP contribution in [0.3, 0.4) is 0 Å². The predicted molar refractivity (Wildman–Crippen MR) is 86.6 cm³/mol. The van der Waals surface area contributed by atoms with Crippen molar-refractivity contribution < 1.29 is 4.79 Å². The molecule has 1 aromatic carbocycles. The summed E-state index contributed by atoms with van der Waals surface area (Å²) in [6.07, 6.45) is 10.7. The van der Waals surface area contributed by atoms with Crippen LogP contribution in [0.15, 0.2) is 55.5 Å². The van der Waals surface area contributed by atoms with E-state index in [-0.39, 0.29) is 11.8 Å². The first kappa shape index (κ1) is 13.8. The molecule has 1 unspecified atom stereocenters. The molecule has 2 aromatic rings. The van der Waals surface area contributed by atoms with E-state index in [1.807, 2.05) is 29.3 Å². The molecule has 1 aromatic heterocycles. The maximum Gasteiger partial charge on any atom is 0.177 e. The van der Waals surface area contributed by atoms with E-state index in [9.17, 15) is 4.79 Å². The topological polar surface area (TPSA) is 33.2 Å². The Bertz CT molecular complexity index is 739. The zero-order valence-corrected chi connectivity index (χ0v) is 12.3. The normalized spacial score (nSPS) is 18.0. The Morgan fingerprint density at radius 3 is 3.10 bits per heavy atom. The van der Waals surface area contributed by atoms with Gasteiger partial charge in [-0.05, 0) is 31.1 Å². The molecule has 1 atom stereocenters. The van der Waals surface area contributed by atoms with E-state index in [1.165, 1.54) is 6.08 Å². The Morgan fingerprint density at radius 1 is 1.43 bits per heavy atom. The van der Waals surface area contributed by atoms with E-state index < -0.39 is 0 Å². The molecule has 0 radical (unpaired) electrons. The minimum atomic E-state index is -0.212. The number of hydrogen-bond acceptors (Lipinski definition) is 3. The van der Waals surface area contributed by atoms with Crippen LogP contribution in [0, 0.1) is 0 Å². The summed E-state index contributed by atoms with van der Waals surface area (Å²) >= 11 is 6.04. The van der Waals surface area contributed by atoms with Crippen molar-refractivity contribution in [3.05, 3.63) is 60.5 Å². The summed E-state index contributed by atoms with van der Waals surface area (Å²) in [6.45, 7) is 3.60. The molecule has 3 nitrogen and oxygen atoms in total. The number of aromatic nitrogens is 1. The van der Waals surface area contributed by atoms with Crippen LogP contribution in [0.5, 0.6) is 0 Å². The summed E-state index contributed by atoms with van der Waals surface area (Å²) < 4.78 is 0. The van der Waals surface area contributed by atoms with Crippen molar-refractivity contribution in [2.45, 2.75) is 18.9 Å². The maximum absolute atomic E-state index is 12.1. The van der Waals surface area contributed by atoms with Crippen molar-refractivity contribution in [3.63, 3.8) is 0 Å². The third-order valence-corrected chi connectivity index (χ3v) is 3.95. The number of fused-ring (bicyclic) bond motifs is 1. The van der Waals surface area contributed by atoms with Crippen molar-refractivity contribution in [2.75, 3.05) is 4.90 Å². The van der Waals surface area contributed by atoms with Crippen molar-refractivity contribution in [3.8, 4) is 0 Å². The molecule has 0 spiro atoms. The number of halogens is 1. The van der Waals surface area contributed by atoms with Gasteiger partial charge in [-0.25, -0.2) is 0 Å². The zero-order chi connectivity index (χ0) is 14.8. The van der Waals surface area contributed by atoms with Crippen LogP contribution in [0.1, 0.15) is 12.8 Å². The van der Waals surface area contributed by atoms with Gasteiger partial charge in [0, 0.05) is 28.2 Å². The van der Waals surface area contributed by atoms with E-state index in [0.717, 1.165) is 29.3 Å². The highest BCUT2D eigenvalue weighted by Crippen LogP contribution is 2.32. The standard InChI is InChI=1S/C17H15ClN2O/c1-2-17(21)15-5-3-4-8-20(15)16-11-19-10-12-9-13(18)6-7-14(12)16/h2,4,6-11,15H,1,3,5H2. The number of anilines is 1. The van der Waals surface area contributed by atoms with Gasteiger partial charge < -0.3 is 4.90 Å². The van der Waals surface area contributed by atoms with Gasteiger partial charge >= 0.3 is 0 Å². The van der Waals surface area contributed by atoms with Crippen LogP contribution in [0.25, 0.3) is 10.8 Å². The fourth-order valence-corrected chi connectivity index (χ4v) is 2.87. The number of ketones is 1. The largest absolute Gasteiger partial charge is 0.336 e. The highest BCUT2D eigenvalue weighted by Gasteiger charge is 2.25. The van der Waals surface area contributed by atoms with Crippen LogP contribution in [-0.4, -0.2) is 16.8 Å². The average Bonchev–Trinajstić information content (AvgIpc) is 2.53. The summed E-state index contributed by atoms with van der Waals surface area (Å²) in [5.74, 6) is 0.0327. The first-order valence-corrected chi connectivity index (χ1v) is 7.23. The van der Waals surface area contributed by atoms with Crippen molar-refractivity contribution in [2.24, 2.45) is 0 Å². The second-order valence-corrected chi connectivity index (χ2v) is 5.45. The second-order valence-electron chi connectivity index (χ2n) is 5.02. The molecular weight excluding hydrogens is 284 g/mol. The van der Waals surface area contributed by atoms with Crippen molar-refractivity contribution >= 4 is 33.8 Å². The van der Waals surface area contributed by atoms with Gasteiger partial charge in [-0.15, -0.1) is 0 Å². The smallest absolute Gasteiger partial charge is 0.177 e. The van der Waals surface area contributed by atoms with Crippen LogP contribution >= 0.6 is 11.6 Å². The molecule has 0 fully saturated rings. The lowest BCUT2D eigenvalue weighted by Crippen LogP contribution is -2.38. The van der Waals surface area contributed by atoms with Crippen LogP contribution in [0.2, 0.25) is 5.02 Å². The monoisotopic (exact) mass is 298 g/mol. The molecule has 1 aliphatic heterocycles. The van der Waals surface area contributed by atoms with E-state index in [4.69, 9.17) is 11.6 Å². The number of hydrogen-bond donors (Lipinski definition) is 0. The average molecular weight is 299 g/mol. The maximum atomic E-state index is 12.1. The third kappa shape index (κ3) is 2.57. The van der Waals surface area contributed by atoms with Gasteiger partial charge in [0.15, 0.2) is 5.78 Å². The summed E-state index contributed by atoms with van der Waals surface area (Å²) in [7, 11) is 0. The Kier molecular flexibility index (Phi) is 3.76. The molecule has 0 N–H and O–H groups in total. The lowest BCUT2D eigenvalue weighted by Gasteiger charge is -2.32. The second kappa shape index (κ2) is 5.70. The summed E-state index contributed by atoms with van der Waals surface area (Å²) in [4.78, 5) is 18.4. The lowest BCUT2D eigenvalue weighted by molar-refractivity contribution is -0.115. The number of carbonyl (C=O) groups excluding carboxylic acids is 1. The molecule has 2 heterocycles. The SMILES string of the molecule is C=CC(=O)C1CCC=CN1c1cncc2cc(Cl)ccc12. The van der Waals surface area contributed by atoms with Gasteiger partial charge in [0.1, 0.15) is 0 Å². The van der Waals surface area contributed by atoms with Gasteiger partial charge in [0.05, 0.1) is 17.9 Å². The molecule has 4 heteroatoms. The number of benzene rings is 1. The molecule has 1 aliphatic rings. The van der Waals surface area contributed by atoms with Crippen LogP contribution < -0.4 is 4.90 Å². The molecule has 0 saturated carbocycles. The number of allylic oxidation sites excluding steroid dienone is 1. The molecule has 0 aliphatic carbocycles. The van der Waals surface area contributed by atoms with E-state index >= 15 is 0 Å². The van der Waals surface area contributed by atoms with Gasteiger partial charge in [-0.2, -0.15) is 0 Å². The van der Waals surface area contributed by atoms with Gasteiger partial charge in [0.25, 0.3) is 0 Å². The van der Waals surface area contributed by atoms with E-state index in [2.05, 4.69) is 17.6 Å². The Balaban J connectivity index is 2.13. The first-order chi connectivity index (χ1) is 10.2. The van der Waals surface area contributed by atoms with Crippen molar-refractivity contribution in [1.82, 2.24) is 4.98 Å². The van der Waals surface area contributed by atoms with E-state index in [0.29, 0.717) is 5.02 Å². The summed E-state index contributed by atoms with van der Waals surface area (Å²) in [6, 6.07) is 5.49. The molecule has 0 bridgehead atoms. The summed E-state index contributed by atoms with van der Waals surface area (Å²) in [5, 5.41) is 2.67. The summed E-state index contributed by atoms with van der Waals surface area (Å²) in [5.41, 5.74) is 0.917. The van der Waals surface area contributed by atoms with Gasteiger partial charge in [-0.1, -0.05) is 30.3 Å². The van der Waals surface area contributed by atoms with Crippen molar-refractivity contribution in [1.29, 1.82) is 0 Å². The minimum Gasteiger partial charge on any atom is -0.336 e. The Labute approximate surface area is 128 Å². The van der Waals surface area contributed by atoms with Crippen LogP contribution in [-0.2, 0) is 4.79 Å². The quantitative estimate of drug-likeness (QED) is 0.799. The first-order valence-electron chi connectivity index (χ1n) is 6.85. The van der Waals surface area contributed by atoms with Crippen LogP contribution in [0.4, 0.5) is 5.69 Å². The number of pyridine rings is 1. The highest BCUT2D eigenvalue weighted by atomic mass is 35.5. The zero-order valence-electron chi connectivity index (χ0n) is 11.5. The highest BCUT2D eigenvalue weighted by molar-refractivity contribution is 6.31. The number of nitrogens with zero attached hydrogens (tertiary/aromatic N) is 2. The molecule has 3 rings (SSSR count). The molecular formula is C17H15ClN2O. The molecule has 0 saturated heterocycles. The third-order valence-electron chi connectivity index (χ3n) is 3.72. The molecule has 106 valence electrons. The minimum absolute atomic E-state index is 0.0327. The number of rotatable bonds is 3. The lowest BCUT2D eigenvalue weighted by atomic mass is 10.00. The Morgan fingerprint density at radius 2 is 2.29 bits per heavy atom. The predicted octanol–water partition coefficient (Wildman–Crippen LogP) is 4.13. The van der Waals surface area contributed by atoms with Gasteiger partial charge in [0.2, 0.25) is 0 Å². The fraction of sp³-hybridized carbons (Fsp3) is 0.176. The molecule has 21 heavy (non-hydrogen) atoms. The van der Waals surface area contributed by atoms with E-state index in [1.54, 1.807) is 12.4 Å². The van der Waals surface area contributed by atoms with Gasteiger partial charge in [-0.3, -0.25) is 9.78 Å². The number of carbonyl (C=O) groups is 1.